The molecule has 1 N–H and O–H groups in total. The van der Waals surface area contributed by atoms with Gasteiger partial charge in [0.25, 0.3) is 0 Å². The molecule has 1 aliphatic rings. The highest BCUT2D eigenvalue weighted by molar-refractivity contribution is 7.92. The molecule has 1 aliphatic heterocycles. The molecule has 0 bridgehead atoms. The minimum atomic E-state index is -3.37. The molecule has 3 rings (SSSR count). The topological polar surface area (TPSA) is 75.2 Å². The highest BCUT2D eigenvalue weighted by Gasteiger charge is 2.28. The van der Waals surface area contributed by atoms with Gasteiger partial charge in [0.1, 0.15) is 17.2 Å². The van der Waals surface area contributed by atoms with Crippen LogP contribution in [0.1, 0.15) is 5.56 Å². The molecule has 0 saturated heterocycles. The van der Waals surface area contributed by atoms with Gasteiger partial charge in [0, 0.05) is 13.1 Å². The van der Waals surface area contributed by atoms with E-state index in [-0.39, 0.29) is 12.3 Å². The van der Waals surface area contributed by atoms with E-state index < -0.39 is 10.0 Å². The molecule has 2 aromatic rings. The van der Waals surface area contributed by atoms with Crippen LogP contribution in [-0.2, 0) is 16.4 Å². The Morgan fingerprint density at radius 2 is 2.14 bits per heavy atom. The Morgan fingerprint density at radius 3 is 2.95 bits per heavy atom. The molecule has 0 fully saturated rings. The van der Waals surface area contributed by atoms with E-state index in [1.54, 1.807) is 0 Å². The number of sulfonamides is 1. The molecule has 116 valence electrons. The molecule has 0 amide bonds. The Bertz CT molecular complexity index is 782. The lowest BCUT2D eigenvalue weighted by atomic mass is 10.2. The van der Waals surface area contributed by atoms with E-state index in [9.17, 15) is 8.42 Å². The maximum Gasteiger partial charge on any atom is 0.236 e. The van der Waals surface area contributed by atoms with Crippen molar-refractivity contribution in [2.45, 2.75) is 6.42 Å². The van der Waals surface area contributed by atoms with Crippen LogP contribution >= 0.6 is 11.6 Å². The quantitative estimate of drug-likeness (QED) is 0.901. The number of nitrogens with zero attached hydrogens (tertiary/aromatic N) is 3. The van der Waals surface area contributed by atoms with Gasteiger partial charge in [0.2, 0.25) is 10.0 Å². The third-order valence-corrected chi connectivity index (χ3v) is 5.55. The summed E-state index contributed by atoms with van der Waals surface area (Å²) in [5.41, 5.74) is 1.85. The normalized spacial score (nSPS) is 14.0. The number of aromatic nitrogens is 2. The first-order chi connectivity index (χ1) is 10.6. The van der Waals surface area contributed by atoms with Gasteiger partial charge in [0.05, 0.1) is 17.6 Å². The minimum Gasteiger partial charge on any atom is -0.368 e. The Balaban J connectivity index is 1.67. The van der Waals surface area contributed by atoms with Crippen LogP contribution in [0, 0.1) is 0 Å². The highest BCUT2D eigenvalue weighted by Crippen LogP contribution is 2.29. The zero-order valence-corrected chi connectivity index (χ0v) is 13.3. The second-order valence-corrected chi connectivity index (χ2v) is 7.33. The molecular formula is C14H15ClN4O2S. The van der Waals surface area contributed by atoms with E-state index in [4.69, 9.17) is 11.6 Å². The summed E-state index contributed by atoms with van der Waals surface area (Å²) in [6.45, 7) is 0.730. The van der Waals surface area contributed by atoms with Crippen LogP contribution in [0.25, 0.3) is 0 Å². The average molecular weight is 339 g/mol. The summed E-state index contributed by atoms with van der Waals surface area (Å²) >= 11 is 5.92. The number of hydrogen-bond acceptors (Lipinski definition) is 5. The van der Waals surface area contributed by atoms with Gasteiger partial charge in [-0.3, -0.25) is 4.31 Å². The lowest BCUT2D eigenvalue weighted by Gasteiger charge is -2.19. The molecule has 0 unspecified atom stereocenters. The van der Waals surface area contributed by atoms with E-state index in [0.29, 0.717) is 17.4 Å². The summed E-state index contributed by atoms with van der Waals surface area (Å²) in [6, 6.07) is 7.58. The largest absolute Gasteiger partial charge is 0.368 e. The van der Waals surface area contributed by atoms with Crippen molar-refractivity contribution in [3.05, 3.63) is 47.4 Å². The van der Waals surface area contributed by atoms with Crippen molar-refractivity contribution < 1.29 is 8.42 Å². The number of para-hydroxylation sites is 1. The van der Waals surface area contributed by atoms with Gasteiger partial charge in [-0.15, -0.1) is 0 Å². The number of nitrogens with one attached hydrogen (secondary N) is 1. The van der Waals surface area contributed by atoms with Gasteiger partial charge < -0.3 is 5.32 Å². The van der Waals surface area contributed by atoms with Gasteiger partial charge in [-0.2, -0.15) is 0 Å². The Kier molecular flexibility index (Phi) is 4.17. The number of rotatable bonds is 5. The first-order valence-corrected chi connectivity index (χ1v) is 8.84. The van der Waals surface area contributed by atoms with Crippen molar-refractivity contribution in [2.24, 2.45) is 0 Å². The number of benzene rings is 1. The van der Waals surface area contributed by atoms with Gasteiger partial charge >= 0.3 is 0 Å². The second kappa shape index (κ2) is 6.10. The molecule has 1 aromatic heterocycles. The number of anilines is 2. The third kappa shape index (κ3) is 3.00. The molecule has 0 saturated carbocycles. The van der Waals surface area contributed by atoms with E-state index in [0.717, 1.165) is 17.7 Å². The standard InChI is InChI=1S/C14H15ClN4O2S/c15-12-9-16-10-18-14(12)17-6-8-22(20,21)19-7-5-11-3-1-2-4-13(11)19/h1-4,9-10H,5-8H2,(H,16,17,18). The summed E-state index contributed by atoms with van der Waals surface area (Å²) in [4.78, 5) is 7.75. The summed E-state index contributed by atoms with van der Waals surface area (Å²) in [7, 11) is -3.37. The molecule has 0 aliphatic carbocycles. The van der Waals surface area contributed by atoms with Crippen molar-refractivity contribution in [1.29, 1.82) is 0 Å². The minimum absolute atomic E-state index is 0.0261. The molecule has 6 nitrogen and oxygen atoms in total. The summed E-state index contributed by atoms with van der Waals surface area (Å²) in [6.07, 6.45) is 3.57. The first-order valence-electron chi connectivity index (χ1n) is 6.85. The molecule has 0 radical (unpaired) electrons. The number of halogens is 1. The molecular weight excluding hydrogens is 324 g/mol. The summed E-state index contributed by atoms with van der Waals surface area (Å²) in [5.74, 6) is 0.412. The average Bonchev–Trinajstić information content (AvgIpc) is 2.94. The van der Waals surface area contributed by atoms with Gasteiger partial charge in [-0.05, 0) is 18.1 Å². The third-order valence-electron chi connectivity index (χ3n) is 3.50. The van der Waals surface area contributed by atoms with Crippen LogP contribution in [-0.4, -0.2) is 37.2 Å². The van der Waals surface area contributed by atoms with Gasteiger partial charge in [-0.1, -0.05) is 29.8 Å². The smallest absolute Gasteiger partial charge is 0.236 e. The predicted octanol–water partition coefficient (Wildman–Crippen LogP) is 1.93. The first kappa shape index (κ1) is 15.1. The predicted molar refractivity (Wildman–Crippen MR) is 86.8 cm³/mol. The Labute approximate surface area is 134 Å². The van der Waals surface area contributed by atoms with Crippen LogP contribution in [0.15, 0.2) is 36.8 Å². The van der Waals surface area contributed by atoms with Crippen molar-refractivity contribution in [3.63, 3.8) is 0 Å². The maximum absolute atomic E-state index is 12.5. The molecule has 1 aromatic carbocycles. The lowest BCUT2D eigenvalue weighted by molar-refractivity contribution is 0.592. The lowest BCUT2D eigenvalue weighted by Crippen LogP contribution is -2.33. The number of fused-ring (bicyclic) bond motifs is 1. The number of hydrogen-bond donors (Lipinski definition) is 1. The Morgan fingerprint density at radius 1 is 1.32 bits per heavy atom. The van der Waals surface area contributed by atoms with Crippen LogP contribution in [0.2, 0.25) is 5.02 Å². The Hall–Kier alpha value is -1.86. The molecule has 22 heavy (non-hydrogen) atoms. The van der Waals surface area contributed by atoms with Crippen molar-refractivity contribution in [1.82, 2.24) is 9.97 Å². The zero-order valence-electron chi connectivity index (χ0n) is 11.7. The van der Waals surface area contributed by atoms with E-state index in [1.165, 1.54) is 16.8 Å². The monoisotopic (exact) mass is 338 g/mol. The van der Waals surface area contributed by atoms with Crippen LogP contribution in [0.4, 0.5) is 11.5 Å². The van der Waals surface area contributed by atoms with Crippen molar-refractivity contribution in [2.75, 3.05) is 28.5 Å². The molecule has 2 heterocycles. The van der Waals surface area contributed by atoms with Crippen LogP contribution < -0.4 is 9.62 Å². The van der Waals surface area contributed by atoms with E-state index in [2.05, 4.69) is 15.3 Å². The maximum atomic E-state index is 12.5. The van der Waals surface area contributed by atoms with Crippen molar-refractivity contribution in [3.8, 4) is 0 Å². The fourth-order valence-electron chi connectivity index (χ4n) is 2.45. The molecule has 0 atom stereocenters. The summed E-state index contributed by atoms with van der Waals surface area (Å²) < 4.78 is 26.5. The fourth-order valence-corrected chi connectivity index (χ4v) is 4.05. The van der Waals surface area contributed by atoms with Gasteiger partial charge in [-0.25, -0.2) is 18.4 Å². The van der Waals surface area contributed by atoms with Crippen LogP contribution in [0.5, 0.6) is 0 Å². The highest BCUT2D eigenvalue weighted by atomic mass is 35.5. The van der Waals surface area contributed by atoms with Gasteiger partial charge in [0.15, 0.2) is 0 Å². The summed E-state index contributed by atoms with van der Waals surface area (Å²) in [5, 5.41) is 3.29. The van der Waals surface area contributed by atoms with E-state index >= 15 is 0 Å². The van der Waals surface area contributed by atoms with Crippen LogP contribution in [0.3, 0.4) is 0 Å². The van der Waals surface area contributed by atoms with E-state index in [1.807, 2.05) is 24.3 Å². The molecule has 8 heteroatoms. The SMILES string of the molecule is O=S(=O)(CCNc1ncncc1Cl)N1CCc2ccccc21. The van der Waals surface area contributed by atoms with Crippen molar-refractivity contribution >= 4 is 33.1 Å². The second-order valence-electron chi connectivity index (χ2n) is 4.91. The zero-order chi connectivity index (χ0) is 15.6. The molecule has 0 spiro atoms. The fraction of sp³-hybridized carbons (Fsp3) is 0.286.